The Hall–Kier alpha value is -2.32. The van der Waals surface area contributed by atoms with Gasteiger partial charge in [0.05, 0.1) is 16.6 Å². The van der Waals surface area contributed by atoms with E-state index in [0.717, 1.165) is 17.7 Å². The van der Waals surface area contributed by atoms with Crippen LogP contribution in [-0.2, 0) is 27.8 Å². The first-order chi connectivity index (χ1) is 13.0. The standard InChI is InChI=1S/C19H22N4O3S/c1-14(24)22-11-9-17-15(13-22)12-20-19(21-17)18-8-5-10-23(18)27(25,26)16-6-3-2-4-7-16/h2-4,6-7,12,18H,5,8-11,13H2,1H3. The van der Waals surface area contributed by atoms with E-state index in [1.54, 1.807) is 48.4 Å². The highest BCUT2D eigenvalue weighted by molar-refractivity contribution is 7.89. The Kier molecular flexibility index (Phi) is 4.69. The van der Waals surface area contributed by atoms with E-state index in [9.17, 15) is 13.2 Å². The zero-order chi connectivity index (χ0) is 19.0. The zero-order valence-electron chi connectivity index (χ0n) is 15.2. The molecule has 2 aliphatic heterocycles. The van der Waals surface area contributed by atoms with E-state index in [0.29, 0.717) is 43.2 Å². The number of nitrogens with zero attached hydrogens (tertiary/aromatic N) is 4. The van der Waals surface area contributed by atoms with Gasteiger partial charge in [0.15, 0.2) is 0 Å². The third-order valence-corrected chi connectivity index (χ3v) is 7.17. The summed E-state index contributed by atoms with van der Waals surface area (Å²) in [7, 11) is -3.58. The lowest BCUT2D eigenvalue weighted by Gasteiger charge is -2.28. The largest absolute Gasteiger partial charge is 0.338 e. The van der Waals surface area contributed by atoms with Crippen molar-refractivity contribution in [3.8, 4) is 0 Å². The van der Waals surface area contributed by atoms with E-state index >= 15 is 0 Å². The molecular formula is C19H22N4O3S. The highest BCUT2D eigenvalue weighted by Gasteiger charge is 2.38. The van der Waals surface area contributed by atoms with Crippen molar-refractivity contribution in [2.45, 2.75) is 43.7 Å². The van der Waals surface area contributed by atoms with Crippen LogP contribution in [0.2, 0.25) is 0 Å². The molecule has 3 heterocycles. The summed E-state index contributed by atoms with van der Waals surface area (Å²) in [6.45, 7) is 3.18. The van der Waals surface area contributed by atoms with Crippen LogP contribution in [0.4, 0.5) is 0 Å². The van der Waals surface area contributed by atoms with Gasteiger partial charge in [-0.25, -0.2) is 18.4 Å². The fourth-order valence-electron chi connectivity index (χ4n) is 3.77. The quantitative estimate of drug-likeness (QED) is 0.805. The lowest BCUT2D eigenvalue weighted by molar-refractivity contribution is -0.129. The molecule has 2 aliphatic rings. The van der Waals surface area contributed by atoms with Crippen molar-refractivity contribution in [3.05, 3.63) is 53.6 Å². The fourth-order valence-corrected chi connectivity index (χ4v) is 5.45. The molecule has 4 rings (SSSR count). The molecule has 0 bridgehead atoms. The van der Waals surface area contributed by atoms with Crippen LogP contribution in [-0.4, -0.2) is 46.6 Å². The molecule has 1 amide bonds. The average Bonchev–Trinajstić information content (AvgIpc) is 3.18. The van der Waals surface area contributed by atoms with Crippen LogP contribution in [0, 0.1) is 0 Å². The lowest BCUT2D eigenvalue weighted by Crippen LogP contribution is -2.36. The zero-order valence-corrected chi connectivity index (χ0v) is 16.0. The number of amides is 1. The van der Waals surface area contributed by atoms with Gasteiger partial charge in [0.25, 0.3) is 0 Å². The van der Waals surface area contributed by atoms with E-state index in [4.69, 9.17) is 4.98 Å². The number of carbonyl (C=O) groups is 1. The molecule has 1 fully saturated rings. The Bertz CT molecular complexity index is 962. The van der Waals surface area contributed by atoms with Gasteiger partial charge >= 0.3 is 0 Å². The molecule has 2 aromatic rings. The van der Waals surface area contributed by atoms with Gasteiger partial charge < -0.3 is 4.90 Å². The maximum atomic E-state index is 13.1. The molecule has 142 valence electrons. The van der Waals surface area contributed by atoms with Gasteiger partial charge in [-0.15, -0.1) is 0 Å². The molecule has 1 aromatic carbocycles. The first kappa shape index (κ1) is 18.1. The Morgan fingerprint density at radius 3 is 2.70 bits per heavy atom. The molecule has 0 radical (unpaired) electrons. The molecule has 8 heteroatoms. The number of benzene rings is 1. The second-order valence-electron chi connectivity index (χ2n) is 6.98. The molecule has 27 heavy (non-hydrogen) atoms. The first-order valence-electron chi connectivity index (χ1n) is 9.14. The van der Waals surface area contributed by atoms with Crippen LogP contribution >= 0.6 is 0 Å². The third-order valence-electron chi connectivity index (χ3n) is 5.25. The number of hydrogen-bond acceptors (Lipinski definition) is 5. The summed E-state index contributed by atoms with van der Waals surface area (Å²) in [6.07, 6.45) is 3.92. The number of carbonyl (C=O) groups excluding carboxylic acids is 1. The van der Waals surface area contributed by atoms with Gasteiger partial charge in [-0.2, -0.15) is 4.31 Å². The second kappa shape index (κ2) is 7.01. The summed E-state index contributed by atoms with van der Waals surface area (Å²) in [4.78, 5) is 22.8. The maximum absolute atomic E-state index is 13.1. The fraction of sp³-hybridized carbons (Fsp3) is 0.421. The number of fused-ring (bicyclic) bond motifs is 1. The van der Waals surface area contributed by atoms with E-state index in [-0.39, 0.29) is 11.9 Å². The smallest absolute Gasteiger partial charge is 0.243 e. The summed E-state index contributed by atoms with van der Waals surface area (Å²) < 4.78 is 27.6. The van der Waals surface area contributed by atoms with Gasteiger partial charge in [0.2, 0.25) is 15.9 Å². The van der Waals surface area contributed by atoms with Crippen molar-refractivity contribution in [1.82, 2.24) is 19.2 Å². The topological polar surface area (TPSA) is 83.5 Å². The van der Waals surface area contributed by atoms with Crippen molar-refractivity contribution in [1.29, 1.82) is 0 Å². The minimum absolute atomic E-state index is 0.0423. The van der Waals surface area contributed by atoms with Crippen LogP contribution in [0.3, 0.4) is 0 Å². The molecule has 0 aliphatic carbocycles. The first-order valence-corrected chi connectivity index (χ1v) is 10.6. The Morgan fingerprint density at radius 2 is 1.96 bits per heavy atom. The van der Waals surface area contributed by atoms with Crippen molar-refractivity contribution in [3.63, 3.8) is 0 Å². The highest BCUT2D eigenvalue weighted by atomic mass is 32.2. The predicted octanol–water partition coefficient (Wildman–Crippen LogP) is 1.91. The summed E-state index contributed by atoms with van der Waals surface area (Å²) in [6, 6.07) is 8.16. The third kappa shape index (κ3) is 3.35. The van der Waals surface area contributed by atoms with E-state index < -0.39 is 10.0 Å². The lowest BCUT2D eigenvalue weighted by atomic mass is 10.1. The molecule has 1 atom stereocenters. The SMILES string of the molecule is CC(=O)N1CCc2nc(C3CCCN3S(=O)(=O)c3ccccc3)ncc2C1. The molecule has 1 saturated heterocycles. The Morgan fingerprint density at radius 1 is 1.19 bits per heavy atom. The van der Waals surface area contributed by atoms with E-state index in [1.807, 2.05) is 0 Å². The predicted molar refractivity (Wildman–Crippen MR) is 99.1 cm³/mol. The highest BCUT2D eigenvalue weighted by Crippen LogP contribution is 2.35. The van der Waals surface area contributed by atoms with E-state index in [2.05, 4.69) is 4.98 Å². The number of sulfonamides is 1. The summed E-state index contributed by atoms with van der Waals surface area (Å²) in [5, 5.41) is 0. The Balaban J connectivity index is 1.63. The van der Waals surface area contributed by atoms with Crippen LogP contribution in [0.15, 0.2) is 41.4 Å². The van der Waals surface area contributed by atoms with Crippen molar-refractivity contribution >= 4 is 15.9 Å². The molecule has 0 saturated carbocycles. The average molecular weight is 386 g/mol. The molecule has 0 N–H and O–H groups in total. The summed E-state index contributed by atoms with van der Waals surface area (Å²) in [5.41, 5.74) is 1.86. The summed E-state index contributed by atoms with van der Waals surface area (Å²) in [5.74, 6) is 0.600. The monoisotopic (exact) mass is 386 g/mol. The van der Waals surface area contributed by atoms with Gasteiger partial charge in [0.1, 0.15) is 5.82 Å². The van der Waals surface area contributed by atoms with Crippen molar-refractivity contribution in [2.75, 3.05) is 13.1 Å². The van der Waals surface area contributed by atoms with Crippen molar-refractivity contribution in [2.24, 2.45) is 0 Å². The molecule has 1 aromatic heterocycles. The molecular weight excluding hydrogens is 364 g/mol. The number of hydrogen-bond donors (Lipinski definition) is 0. The van der Waals surface area contributed by atoms with Crippen LogP contribution in [0.25, 0.3) is 0 Å². The van der Waals surface area contributed by atoms with Crippen LogP contribution < -0.4 is 0 Å². The second-order valence-corrected chi connectivity index (χ2v) is 8.87. The van der Waals surface area contributed by atoms with Crippen LogP contribution in [0.1, 0.15) is 42.9 Å². The Labute approximate surface area is 159 Å². The van der Waals surface area contributed by atoms with Crippen molar-refractivity contribution < 1.29 is 13.2 Å². The van der Waals surface area contributed by atoms with Gasteiger partial charge in [-0.05, 0) is 25.0 Å². The maximum Gasteiger partial charge on any atom is 0.243 e. The van der Waals surface area contributed by atoms with Gasteiger partial charge in [-0.3, -0.25) is 4.79 Å². The minimum Gasteiger partial charge on any atom is -0.338 e. The normalized spacial score (nSPS) is 20.5. The summed E-state index contributed by atoms with van der Waals surface area (Å²) >= 11 is 0. The molecule has 0 spiro atoms. The van der Waals surface area contributed by atoms with E-state index in [1.165, 1.54) is 4.31 Å². The van der Waals surface area contributed by atoms with Gasteiger partial charge in [0, 0.05) is 44.7 Å². The molecule has 7 nitrogen and oxygen atoms in total. The minimum atomic E-state index is -3.58. The molecule has 1 unspecified atom stereocenters. The van der Waals surface area contributed by atoms with Gasteiger partial charge in [-0.1, -0.05) is 18.2 Å². The number of aromatic nitrogens is 2. The number of rotatable bonds is 3. The van der Waals surface area contributed by atoms with Crippen LogP contribution in [0.5, 0.6) is 0 Å².